The molecule has 1 aliphatic rings. The molecule has 1 aliphatic heterocycles. The fourth-order valence-corrected chi connectivity index (χ4v) is 2.50. The zero-order valence-corrected chi connectivity index (χ0v) is 12.7. The van der Waals surface area contributed by atoms with E-state index in [4.69, 9.17) is 5.11 Å². The summed E-state index contributed by atoms with van der Waals surface area (Å²) in [4.78, 5) is 19.7. The number of carboxylic acids is 1. The molecule has 1 aromatic heterocycles. The van der Waals surface area contributed by atoms with Gasteiger partial charge in [0.2, 0.25) is 0 Å². The van der Waals surface area contributed by atoms with Gasteiger partial charge in [-0.2, -0.15) is 0 Å². The molecule has 1 fully saturated rings. The molecule has 1 atom stereocenters. The number of piperazine rings is 1. The van der Waals surface area contributed by atoms with Crippen molar-refractivity contribution < 1.29 is 9.90 Å². The summed E-state index contributed by atoms with van der Waals surface area (Å²) in [5.41, 5.74) is 0.805. The quantitative estimate of drug-likeness (QED) is 0.841. The first kappa shape index (κ1) is 15.5. The maximum absolute atomic E-state index is 10.5. The second kappa shape index (κ2) is 7.22. The van der Waals surface area contributed by atoms with Crippen molar-refractivity contribution in [2.75, 3.05) is 31.1 Å². The standard InChI is InChI=1S/C16H23N3O2/c1-3-13(2)18-8-10-19(11-9-18)15-6-4-14(12-17-15)5-7-16(20)21/h4-7,12-13H,3,8-11H2,1-2H3,(H,20,21)/b7-5+. The number of pyridine rings is 1. The number of carboxylic acid groups (broad SMARTS) is 1. The fraction of sp³-hybridized carbons (Fsp3) is 0.500. The Balaban J connectivity index is 1.93. The largest absolute Gasteiger partial charge is 0.478 e. The summed E-state index contributed by atoms with van der Waals surface area (Å²) in [5, 5.41) is 8.60. The van der Waals surface area contributed by atoms with E-state index in [0.717, 1.165) is 43.6 Å². The van der Waals surface area contributed by atoms with Gasteiger partial charge in [-0.1, -0.05) is 6.92 Å². The molecule has 1 unspecified atom stereocenters. The van der Waals surface area contributed by atoms with E-state index in [0.29, 0.717) is 6.04 Å². The second-order valence-electron chi connectivity index (χ2n) is 5.40. The van der Waals surface area contributed by atoms with E-state index in [1.807, 2.05) is 12.1 Å². The Morgan fingerprint density at radius 3 is 2.62 bits per heavy atom. The van der Waals surface area contributed by atoms with Crippen LogP contribution in [0.5, 0.6) is 0 Å². The number of aromatic nitrogens is 1. The first-order valence-electron chi connectivity index (χ1n) is 7.46. The average molecular weight is 289 g/mol. The van der Waals surface area contributed by atoms with Crippen LogP contribution >= 0.6 is 0 Å². The first-order chi connectivity index (χ1) is 10.1. The molecule has 21 heavy (non-hydrogen) atoms. The van der Waals surface area contributed by atoms with Crippen molar-refractivity contribution in [3.63, 3.8) is 0 Å². The van der Waals surface area contributed by atoms with Crippen LogP contribution in [0.1, 0.15) is 25.8 Å². The minimum Gasteiger partial charge on any atom is -0.478 e. The van der Waals surface area contributed by atoms with Crippen molar-refractivity contribution in [2.45, 2.75) is 26.3 Å². The molecule has 0 radical (unpaired) electrons. The lowest BCUT2D eigenvalue weighted by atomic mass is 10.2. The summed E-state index contributed by atoms with van der Waals surface area (Å²) in [5.74, 6) is 0.0199. The van der Waals surface area contributed by atoms with Gasteiger partial charge in [0, 0.05) is 44.5 Å². The molecular formula is C16H23N3O2. The molecule has 0 saturated carbocycles. The monoisotopic (exact) mass is 289 g/mol. The van der Waals surface area contributed by atoms with Crippen LogP contribution < -0.4 is 4.90 Å². The van der Waals surface area contributed by atoms with Crippen molar-refractivity contribution in [3.05, 3.63) is 30.0 Å². The maximum atomic E-state index is 10.5. The highest BCUT2D eigenvalue weighted by atomic mass is 16.4. The molecule has 0 bridgehead atoms. The van der Waals surface area contributed by atoms with Crippen molar-refractivity contribution in [3.8, 4) is 0 Å². The Morgan fingerprint density at radius 2 is 2.10 bits per heavy atom. The van der Waals surface area contributed by atoms with Gasteiger partial charge in [-0.05, 0) is 37.1 Å². The molecular weight excluding hydrogens is 266 g/mol. The van der Waals surface area contributed by atoms with Crippen molar-refractivity contribution in [2.24, 2.45) is 0 Å². The fourth-order valence-electron chi connectivity index (χ4n) is 2.50. The molecule has 1 saturated heterocycles. The zero-order chi connectivity index (χ0) is 15.2. The van der Waals surface area contributed by atoms with Crippen LogP contribution in [0.4, 0.5) is 5.82 Å². The van der Waals surface area contributed by atoms with Crippen molar-refractivity contribution >= 4 is 17.9 Å². The van der Waals surface area contributed by atoms with Crippen molar-refractivity contribution in [1.29, 1.82) is 0 Å². The van der Waals surface area contributed by atoms with Crippen LogP contribution in [0.25, 0.3) is 6.08 Å². The third-order valence-corrected chi connectivity index (χ3v) is 4.04. The molecule has 0 spiro atoms. The molecule has 1 aromatic rings. The van der Waals surface area contributed by atoms with Crippen LogP contribution in [-0.4, -0.2) is 53.2 Å². The Morgan fingerprint density at radius 1 is 1.38 bits per heavy atom. The Hall–Kier alpha value is -1.88. The predicted octanol–water partition coefficient (Wildman–Crippen LogP) is 2.10. The van der Waals surface area contributed by atoms with E-state index < -0.39 is 5.97 Å². The van der Waals surface area contributed by atoms with Gasteiger partial charge in [0.1, 0.15) is 5.82 Å². The van der Waals surface area contributed by atoms with E-state index in [1.54, 1.807) is 12.3 Å². The summed E-state index contributed by atoms with van der Waals surface area (Å²) in [6.45, 7) is 8.61. The SMILES string of the molecule is CCC(C)N1CCN(c2ccc(/C=C/C(=O)O)cn2)CC1. The van der Waals surface area contributed by atoms with Gasteiger partial charge in [-0.25, -0.2) is 9.78 Å². The first-order valence-corrected chi connectivity index (χ1v) is 7.46. The van der Waals surface area contributed by atoms with Gasteiger partial charge in [0.05, 0.1) is 0 Å². The normalized spacial score (nSPS) is 18.1. The molecule has 2 rings (SSSR count). The smallest absolute Gasteiger partial charge is 0.328 e. The van der Waals surface area contributed by atoms with Crippen LogP contribution in [-0.2, 0) is 4.79 Å². The molecule has 5 nitrogen and oxygen atoms in total. The highest BCUT2D eigenvalue weighted by molar-refractivity contribution is 5.85. The van der Waals surface area contributed by atoms with E-state index >= 15 is 0 Å². The lowest BCUT2D eigenvalue weighted by Crippen LogP contribution is -2.49. The minimum atomic E-state index is -0.944. The molecule has 114 valence electrons. The van der Waals surface area contributed by atoms with Crippen molar-refractivity contribution in [1.82, 2.24) is 9.88 Å². The van der Waals surface area contributed by atoms with E-state index in [2.05, 4.69) is 28.6 Å². The second-order valence-corrected chi connectivity index (χ2v) is 5.40. The van der Waals surface area contributed by atoms with E-state index in [9.17, 15) is 4.79 Å². The summed E-state index contributed by atoms with van der Waals surface area (Å²) in [7, 11) is 0. The van der Waals surface area contributed by atoms with E-state index in [-0.39, 0.29) is 0 Å². The number of anilines is 1. The summed E-state index contributed by atoms with van der Waals surface area (Å²) in [6, 6.07) is 4.51. The van der Waals surface area contributed by atoms with Gasteiger partial charge >= 0.3 is 5.97 Å². The number of carbonyl (C=O) groups is 1. The Kier molecular flexibility index (Phi) is 5.33. The summed E-state index contributed by atoms with van der Waals surface area (Å²) in [6.07, 6.45) is 5.58. The predicted molar refractivity (Wildman–Crippen MR) is 84.4 cm³/mol. The van der Waals surface area contributed by atoms with Crippen LogP contribution in [0.3, 0.4) is 0 Å². The van der Waals surface area contributed by atoms with Gasteiger partial charge in [-0.3, -0.25) is 4.90 Å². The number of aliphatic carboxylic acids is 1. The Labute approximate surface area is 125 Å². The van der Waals surface area contributed by atoms with Gasteiger partial charge < -0.3 is 10.0 Å². The molecule has 5 heteroatoms. The number of nitrogens with zero attached hydrogens (tertiary/aromatic N) is 3. The third kappa shape index (κ3) is 4.29. The van der Waals surface area contributed by atoms with E-state index in [1.165, 1.54) is 6.42 Å². The number of rotatable bonds is 5. The van der Waals surface area contributed by atoms with Crippen LogP contribution in [0.2, 0.25) is 0 Å². The molecule has 2 heterocycles. The number of hydrogen-bond donors (Lipinski definition) is 1. The molecule has 0 aromatic carbocycles. The summed E-state index contributed by atoms with van der Waals surface area (Å²) < 4.78 is 0. The topological polar surface area (TPSA) is 56.7 Å². The highest BCUT2D eigenvalue weighted by Crippen LogP contribution is 2.16. The van der Waals surface area contributed by atoms with Crippen LogP contribution in [0.15, 0.2) is 24.4 Å². The number of hydrogen-bond acceptors (Lipinski definition) is 4. The molecule has 0 amide bonds. The highest BCUT2D eigenvalue weighted by Gasteiger charge is 2.20. The zero-order valence-electron chi connectivity index (χ0n) is 12.7. The van der Waals surface area contributed by atoms with Gasteiger partial charge in [0.15, 0.2) is 0 Å². The third-order valence-electron chi connectivity index (χ3n) is 4.04. The maximum Gasteiger partial charge on any atom is 0.328 e. The minimum absolute atomic E-state index is 0.642. The summed E-state index contributed by atoms with van der Waals surface area (Å²) >= 11 is 0. The average Bonchev–Trinajstić information content (AvgIpc) is 2.53. The van der Waals surface area contributed by atoms with Gasteiger partial charge in [0.25, 0.3) is 0 Å². The lowest BCUT2D eigenvalue weighted by Gasteiger charge is -2.38. The Bertz CT molecular complexity index is 491. The molecule has 1 N–H and O–H groups in total. The lowest BCUT2D eigenvalue weighted by molar-refractivity contribution is -0.131. The molecule has 0 aliphatic carbocycles. The van der Waals surface area contributed by atoms with Crippen LogP contribution in [0, 0.1) is 0 Å². The van der Waals surface area contributed by atoms with Gasteiger partial charge in [-0.15, -0.1) is 0 Å².